The summed E-state index contributed by atoms with van der Waals surface area (Å²) in [5.74, 6) is -0.464. The average molecular weight is 310 g/mol. The first-order valence-electron chi connectivity index (χ1n) is 6.51. The average Bonchev–Trinajstić information content (AvgIpc) is 2.86. The van der Waals surface area contributed by atoms with Gasteiger partial charge in [-0.15, -0.1) is 0 Å². The minimum atomic E-state index is -0.974. The monoisotopic (exact) mass is 309 g/mol. The molecule has 0 saturated carbocycles. The van der Waals surface area contributed by atoms with Crippen LogP contribution in [0.3, 0.4) is 0 Å². The van der Waals surface area contributed by atoms with E-state index in [2.05, 4.69) is 15.1 Å². The van der Waals surface area contributed by atoms with Crippen molar-refractivity contribution in [1.29, 1.82) is 0 Å². The summed E-state index contributed by atoms with van der Waals surface area (Å²) in [5.41, 5.74) is -0.562. The van der Waals surface area contributed by atoms with Crippen molar-refractivity contribution in [2.75, 3.05) is 0 Å². The zero-order valence-corrected chi connectivity index (χ0v) is 12.8. The summed E-state index contributed by atoms with van der Waals surface area (Å²) in [6.07, 6.45) is 1.73. The van der Waals surface area contributed by atoms with E-state index in [1.807, 2.05) is 13.8 Å². The normalized spacial score (nSPS) is 14.1. The lowest BCUT2D eigenvalue weighted by Crippen LogP contribution is -2.35. The summed E-state index contributed by atoms with van der Waals surface area (Å²) in [7, 11) is 0. The standard InChI is InChI=1S/C14H16ClN3O3/c1-8(2)14(3,13(19)20)7-10-17-12(18-21-10)11-9(15)5-4-6-16-11/h4-6,8H,7H2,1-3H3,(H,19,20). The third-order valence-electron chi connectivity index (χ3n) is 3.72. The van der Waals surface area contributed by atoms with Crippen molar-refractivity contribution >= 4 is 17.6 Å². The number of hydrogen-bond acceptors (Lipinski definition) is 5. The van der Waals surface area contributed by atoms with Gasteiger partial charge >= 0.3 is 5.97 Å². The quantitative estimate of drug-likeness (QED) is 0.913. The van der Waals surface area contributed by atoms with Gasteiger partial charge in [-0.2, -0.15) is 4.98 Å². The van der Waals surface area contributed by atoms with Crippen molar-refractivity contribution in [3.8, 4) is 11.5 Å². The van der Waals surface area contributed by atoms with E-state index in [-0.39, 0.29) is 24.1 Å². The molecule has 1 atom stereocenters. The second-order valence-corrected chi connectivity index (χ2v) is 5.81. The molecular weight excluding hydrogens is 294 g/mol. The van der Waals surface area contributed by atoms with Crippen LogP contribution in [0.1, 0.15) is 26.7 Å². The van der Waals surface area contributed by atoms with E-state index >= 15 is 0 Å². The molecule has 0 aliphatic heterocycles. The Hall–Kier alpha value is -1.95. The van der Waals surface area contributed by atoms with E-state index in [0.717, 1.165) is 0 Å². The Morgan fingerprint density at radius 1 is 1.52 bits per heavy atom. The Kier molecular flexibility index (Phi) is 4.27. The lowest BCUT2D eigenvalue weighted by molar-refractivity contribution is -0.150. The van der Waals surface area contributed by atoms with Crippen LogP contribution in [0.5, 0.6) is 0 Å². The van der Waals surface area contributed by atoms with Gasteiger partial charge in [0.25, 0.3) is 0 Å². The highest BCUT2D eigenvalue weighted by atomic mass is 35.5. The molecule has 2 aromatic heterocycles. The topological polar surface area (TPSA) is 89.1 Å². The second kappa shape index (κ2) is 5.81. The molecule has 2 heterocycles. The SMILES string of the molecule is CC(C)C(C)(Cc1nc(-c2ncccc2Cl)no1)C(=O)O. The molecule has 0 saturated heterocycles. The molecule has 0 radical (unpaired) electrons. The van der Waals surface area contributed by atoms with Crippen LogP contribution in [0.15, 0.2) is 22.9 Å². The number of hydrogen-bond donors (Lipinski definition) is 1. The first-order valence-corrected chi connectivity index (χ1v) is 6.89. The Morgan fingerprint density at radius 3 is 2.81 bits per heavy atom. The number of carboxylic acid groups (broad SMARTS) is 1. The smallest absolute Gasteiger partial charge is 0.310 e. The summed E-state index contributed by atoms with van der Waals surface area (Å²) in [6.45, 7) is 5.36. The zero-order chi connectivity index (χ0) is 15.6. The number of aromatic nitrogens is 3. The molecule has 21 heavy (non-hydrogen) atoms. The number of aliphatic carboxylic acids is 1. The molecule has 7 heteroatoms. The maximum Gasteiger partial charge on any atom is 0.310 e. The van der Waals surface area contributed by atoms with Gasteiger partial charge in [-0.3, -0.25) is 9.78 Å². The van der Waals surface area contributed by atoms with E-state index in [9.17, 15) is 9.90 Å². The van der Waals surface area contributed by atoms with Crippen LogP contribution in [0, 0.1) is 11.3 Å². The molecule has 0 amide bonds. The molecule has 0 aromatic carbocycles. The third-order valence-corrected chi connectivity index (χ3v) is 4.02. The van der Waals surface area contributed by atoms with Crippen molar-refractivity contribution in [1.82, 2.24) is 15.1 Å². The first-order chi connectivity index (χ1) is 9.84. The lowest BCUT2D eigenvalue weighted by atomic mass is 9.76. The van der Waals surface area contributed by atoms with Gasteiger partial charge in [-0.1, -0.05) is 30.6 Å². The zero-order valence-electron chi connectivity index (χ0n) is 12.0. The Labute approximate surface area is 127 Å². The highest BCUT2D eigenvalue weighted by Gasteiger charge is 2.38. The molecule has 0 aliphatic rings. The number of carboxylic acids is 1. The van der Waals surface area contributed by atoms with Gasteiger partial charge in [-0.25, -0.2) is 0 Å². The number of nitrogens with zero attached hydrogens (tertiary/aromatic N) is 3. The fraction of sp³-hybridized carbons (Fsp3) is 0.429. The van der Waals surface area contributed by atoms with Crippen molar-refractivity contribution < 1.29 is 14.4 Å². The highest BCUT2D eigenvalue weighted by molar-refractivity contribution is 6.32. The summed E-state index contributed by atoms with van der Waals surface area (Å²) in [5, 5.41) is 13.6. The highest BCUT2D eigenvalue weighted by Crippen LogP contribution is 2.32. The summed E-state index contributed by atoms with van der Waals surface area (Å²) < 4.78 is 5.15. The van der Waals surface area contributed by atoms with Crippen LogP contribution in [-0.2, 0) is 11.2 Å². The molecule has 0 spiro atoms. The van der Waals surface area contributed by atoms with Gasteiger partial charge < -0.3 is 9.63 Å². The van der Waals surface area contributed by atoms with Crippen molar-refractivity contribution in [3.63, 3.8) is 0 Å². The van der Waals surface area contributed by atoms with Gasteiger partial charge in [0.15, 0.2) is 0 Å². The van der Waals surface area contributed by atoms with E-state index in [0.29, 0.717) is 10.7 Å². The number of rotatable bonds is 5. The van der Waals surface area contributed by atoms with E-state index in [4.69, 9.17) is 16.1 Å². The van der Waals surface area contributed by atoms with Crippen LogP contribution in [0.25, 0.3) is 11.5 Å². The predicted molar refractivity (Wildman–Crippen MR) is 76.8 cm³/mol. The minimum Gasteiger partial charge on any atom is -0.481 e. The molecule has 0 fully saturated rings. The summed E-state index contributed by atoms with van der Waals surface area (Å²) in [6, 6.07) is 3.38. The molecule has 0 aliphatic carbocycles. The van der Waals surface area contributed by atoms with E-state index < -0.39 is 11.4 Å². The van der Waals surface area contributed by atoms with Gasteiger partial charge in [-0.05, 0) is 25.0 Å². The molecule has 1 N–H and O–H groups in total. The lowest BCUT2D eigenvalue weighted by Gasteiger charge is -2.27. The second-order valence-electron chi connectivity index (χ2n) is 5.40. The molecule has 2 rings (SSSR count). The molecular formula is C14H16ClN3O3. The maximum atomic E-state index is 11.5. The maximum absolute atomic E-state index is 11.5. The van der Waals surface area contributed by atoms with Crippen LogP contribution in [-0.4, -0.2) is 26.2 Å². The van der Waals surface area contributed by atoms with Gasteiger partial charge in [0, 0.05) is 12.6 Å². The van der Waals surface area contributed by atoms with Crippen molar-refractivity contribution in [2.45, 2.75) is 27.2 Å². The van der Waals surface area contributed by atoms with Crippen LogP contribution in [0.2, 0.25) is 5.02 Å². The largest absolute Gasteiger partial charge is 0.481 e. The van der Waals surface area contributed by atoms with Crippen molar-refractivity contribution in [3.05, 3.63) is 29.2 Å². The molecule has 112 valence electrons. The van der Waals surface area contributed by atoms with Gasteiger partial charge in [0.1, 0.15) is 5.69 Å². The first kappa shape index (κ1) is 15.4. The van der Waals surface area contributed by atoms with Gasteiger partial charge in [0.2, 0.25) is 11.7 Å². The Bertz CT molecular complexity index is 656. The van der Waals surface area contributed by atoms with Crippen LogP contribution >= 0.6 is 11.6 Å². The van der Waals surface area contributed by atoms with Crippen LogP contribution in [0.4, 0.5) is 0 Å². The Balaban J connectivity index is 2.29. The number of pyridine rings is 1. The number of halogens is 1. The van der Waals surface area contributed by atoms with Crippen molar-refractivity contribution in [2.24, 2.45) is 11.3 Å². The van der Waals surface area contributed by atoms with Gasteiger partial charge in [0.05, 0.1) is 10.4 Å². The minimum absolute atomic E-state index is 0.0798. The molecule has 1 unspecified atom stereocenters. The summed E-state index contributed by atoms with van der Waals surface area (Å²) >= 11 is 6.02. The third kappa shape index (κ3) is 3.05. The molecule has 0 bridgehead atoms. The number of carbonyl (C=O) groups is 1. The fourth-order valence-corrected chi connectivity index (χ4v) is 2.02. The van der Waals surface area contributed by atoms with E-state index in [1.165, 1.54) is 0 Å². The molecule has 2 aromatic rings. The Morgan fingerprint density at radius 2 is 2.24 bits per heavy atom. The van der Waals surface area contributed by atoms with Crippen LogP contribution < -0.4 is 0 Å². The fourth-order valence-electron chi connectivity index (χ4n) is 1.81. The summed E-state index contributed by atoms with van der Waals surface area (Å²) in [4.78, 5) is 19.8. The predicted octanol–water partition coefficient (Wildman–Crippen LogP) is 3.07. The molecule has 6 nitrogen and oxygen atoms in total. The van der Waals surface area contributed by atoms with E-state index in [1.54, 1.807) is 25.3 Å².